The minimum Gasteiger partial charge on any atom is -0.345 e. The van der Waals surface area contributed by atoms with E-state index in [1.807, 2.05) is 0 Å². The number of rotatable bonds is 3. The van der Waals surface area contributed by atoms with E-state index in [9.17, 15) is 4.79 Å². The molecular weight excluding hydrogens is 278 g/mol. The van der Waals surface area contributed by atoms with Gasteiger partial charge in [-0.15, -0.1) is 0 Å². The third kappa shape index (κ3) is 3.23. The fourth-order valence-corrected chi connectivity index (χ4v) is 2.23. The van der Waals surface area contributed by atoms with E-state index in [1.54, 1.807) is 47.4 Å². The first kappa shape index (κ1) is 15.1. The second kappa shape index (κ2) is 6.92. The van der Waals surface area contributed by atoms with Crippen molar-refractivity contribution in [3.63, 3.8) is 0 Å². The third-order valence-corrected chi connectivity index (χ3v) is 3.36. The Bertz CT molecular complexity index is 712. The standard InChI is InChI=1S/C16H13N5O/c17-9-12(10-18)15(11-19)20-13-4-6-14(7-5-13)21-8-2-1-3-16(21)22/h4-7,20H,1-3,8H2. The predicted octanol–water partition coefficient (Wildman–Crippen LogP) is 2.44. The van der Waals surface area contributed by atoms with Crippen LogP contribution in [0.3, 0.4) is 0 Å². The molecule has 1 aliphatic heterocycles. The van der Waals surface area contributed by atoms with Crippen molar-refractivity contribution >= 4 is 17.3 Å². The molecule has 0 saturated carbocycles. The maximum atomic E-state index is 11.9. The molecular formula is C16H13N5O. The molecule has 22 heavy (non-hydrogen) atoms. The van der Waals surface area contributed by atoms with E-state index in [2.05, 4.69) is 5.32 Å². The third-order valence-electron chi connectivity index (χ3n) is 3.36. The Morgan fingerprint density at radius 1 is 1.05 bits per heavy atom. The molecule has 0 spiro atoms. The van der Waals surface area contributed by atoms with Gasteiger partial charge in [0.1, 0.15) is 23.9 Å². The molecule has 0 bridgehead atoms. The minimum absolute atomic E-state index is 0.0909. The minimum atomic E-state index is -0.266. The van der Waals surface area contributed by atoms with Gasteiger partial charge in [-0.25, -0.2) is 0 Å². The molecule has 1 aliphatic rings. The van der Waals surface area contributed by atoms with Crippen molar-refractivity contribution in [1.82, 2.24) is 0 Å². The van der Waals surface area contributed by atoms with Gasteiger partial charge in [-0.1, -0.05) is 0 Å². The van der Waals surface area contributed by atoms with E-state index in [1.165, 1.54) is 0 Å². The van der Waals surface area contributed by atoms with Crippen molar-refractivity contribution in [1.29, 1.82) is 15.8 Å². The van der Waals surface area contributed by atoms with Crippen LogP contribution in [0.15, 0.2) is 35.5 Å². The molecule has 1 amide bonds. The molecule has 0 unspecified atom stereocenters. The number of nitrogens with zero attached hydrogens (tertiary/aromatic N) is 4. The highest BCUT2D eigenvalue weighted by Crippen LogP contribution is 2.23. The van der Waals surface area contributed by atoms with E-state index in [0.717, 1.165) is 18.5 Å². The highest BCUT2D eigenvalue weighted by atomic mass is 16.2. The molecule has 1 aromatic rings. The van der Waals surface area contributed by atoms with Crippen LogP contribution >= 0.6 is 0 Å². The second-order valence-electron chi connectivity index (χ2n) is 4.76. The van der Waals surface area contributed by atoms with Crippen molar-refractivity contribution in [2.24, 2.45) is 0 Å². The van der Waals surface area contributed by atoms with E-state index in [4.69, 9.17) is 15.8 Å². The van der Waals surface area contributed by atoms with Crippen LogP contribution in [0, 0.1) is 34.0 Å². The number of amides is 1. The first-order valence-electron chi connectivity index (χ1n) is 6.81. The van der Waals surface area contributed by atoms with Crippen molar-refractivity contribution in [2.75, 3.05) is 16.8 Å². The van der Waals surface area contributed by atoms with Crippen LogP contribution < -0.4 is 10.2 Å². The van der Waals surface area contributed by atoms with Gasteiger partial charge < -0.3 is 10.2 Å². The maximum absolute atomic E-state index is 11.9. The van der Waals surface area contributed by atoms with Crippen molar-refractivity contribution < 1.29 is 4.79 Å². The summed E-state index contributed by atoms with van der Waals surface area (Å²) in [5.74, 6) is 0.112. The summed E-state index contributed by atoms with van der Waals surface area (Å²) in [4.78, 5) is 13.6. The van der Waals surface area contributed by atoms with Gasteiger partial charge in [0.2, 0.25) is 5.91 Å². The fraction of sp³-hybridized carbons (Fsp3) is 0.250. The number of anilines is 2. The van der Waals surface area contributed by atoms with Crippen LogP contribution in [0.25, 0.3) is 0 Å². The number of nitrogens with one attached hydrogen (secondary N) is 1. The molecule has 108 valence electrons. The number of carbonyl (C=O) groups excluding carboxylic acids is 1. The molecule has 2 rings (SSSR count). The lowest BCUT2D eigenvalue weighted by atomic mass is 10.1. The van der Waals surface area contributed by atoms with Crippen molar-refractivity contribution in [3.05, 3.63) is 35.5 Å². The van der Waals surface area contributed by atoms with E-state index >= 15 is 0 Å². The van der Waals surface area contributed by atoms with Gasteiger partial charge in [-0.2, -0.15) is 15.8 Å². The zero-order valence-electron chi connectivity index (χ0n) is 11.8. The zero-order valence-corrected chi connectivity index (χ0v) is 11.8. The monoisotopic (exact) mass is 291 g/mol. The number of carbonyl (C=O) groups is 1. The summed E-state index contributed by atoms with van der Waals surface area (Å²) in [5.41, 5.74) is 1.02. The number of nitriles is 3. The first-order chi connectivity index (χ1) is 10.7. The van der Waals surface area contributed by atoms with Crippen LogP contribution in [-0.4, -0.2) is 12.5 Å². The maximum Gasteiger partial charge on any atom is 0.226 e. The van der Waals surface area contributed by atoms with Crippen LogP contribution in [0.5, 0.6) is 0 Å². The molecule has 1 saturated heterocycles. The SMILES string of the molecule is N#CC(C#N)=C(C#N)Nc1ccc(N2CCCCC2=O)cc1. The average molecular weight is 291 g/mol. The lowest BCUT2D eigenvalue weighted by Gasteiger charge is -2.26. The highest BCUT2D eigenvalue weighted by Gasteiger charge is 2.19. The molecule has 6 nitrogen and oxygen atoms in total. The average Bonchev–Trinajstić information content (AvgIpc) is 2.56. The van der Waals surface area contributed by atoms with Gasteiger partial charge in [-0.3, -0.25) is 4.79 Å². The molecule has 1 heterocycles. The Hall–Kier alpha value is -3.30. The van der Waals surface area contributed by atoms with E-state index in [-0.39, 0.29) is 17.2 Å². The molecule has 0 aliphatic carbocycles. The van der Waals surface area contributed by atoms with Crippen molar-refractivity contribution in [2.45, 2.75) is 19.3 Å². The number of allylic oxidation sites excluding steroid dienone is 2. The zero-order chi connectivity index (χ0) is 15.9. The number of hydrogen-bond acceptors (Lipinski definition) is 5. The summed E-state index contributed by atoms with van der Waals surface area (Å²) in [6.45, 7) is 0.710. The number of benzene rings is 1. The van der Waals surface area contributed by atoms with Gasteiger partial charge in [0.25, 0.3) is 0 Å². The van der Waals surface area contributed by atoms with Crippen LogP contribution in [0.2, 0.25) is 0 Å². The Kier molecular flexibility index (Phi) is 4.75. The van der Waals surface area contributed by atoms with Gasteiger partial charge in [0.15, 0.2) is 5.57 Å². The van der Waals surface area contributed by atoms with Gasteiger partial charge in [-0.05, 0) is 37.1 Å². The molecule has 0 radical (unpaired) electrons. The molecule has 6 heteroatoms. The molecule has 0 aromatic heterocycles. The Labute approximate surface area is 128 Å². The number of hydrogen-bond donors (Lipinski definition) is 1. The quantitative estimate of drug-likeness (QED) is 0.861. The van der Waals surface area contributed by atoms with E-state index < -0.39 is 0 Å². The molecule has 1 N–H and O–H groups in total. The molecule has 0 atom stereocenters. The second-order valence-corrected chi connectivity index (χ2v) is 4.76. The largest absolute Gasteiger partial charge is 0.345 e. The molecule has 1 fully saturated rings. The topological polar surface area (TPSA) is 104 Å². The Morgan fingerprint density at radius 2 is 1.73 bits per heavy atom. The van der Waals surface area contributed by atoms with Crippen LogP contribution in [-0.2, 0) is 4.79 Å². The summed E-state index contributed by atoms with van der Waals surface area (Å²) < 4.78 is 0. The van der Waals surface area contributed by atoms with Gasteiger partial charge >= 0.3 is 0 Å². The van der Waals surface area contributed by atoms with E-state index in [0.29, 0.717) is 18.7 Å². The number of piperidine rings is 1. The van der Waals surface area contributed by atoms with Gasteiger partial charge in [0.05, 0.1) is 0 Å². The summed E-state index contributed by atoms with van der Waals surface area (Å²) >= 11 is 0. The Balaban J connectivity index is 2.18. The predicted molar refractivity (Wildman–Crippen MR) is 80.1 cm³/mol. The fourth-order valence-electron chi connectivity index (χ4n) is 2.23. The smallest absolute Gasteiger partial charge is 0.226 e. The summed E-state index contributed by atoms with van der Waals surface area (Å²) in [5, 5.41) is 29.3. The molecule has 1 aromatic carbocycles. The summed E-state index contributed by atoms with van der Waals surface area (Å²) in [6.07, 6.45) is 2.48. The first-order valence-corrected chi connectivity index (χ1v) is 6.81. The summed E-state index contributed by atoms with van der Waals surface area (Å²) in [7, 11) is 0. The summed E-state index contributed by atoms with van der Waals surface area (Å²) in [6, 6.07) is 12.1. The van der Waals surface area contributed by atoms with Crippen LogP contribution in [0.4, 0.5) is 11.4 Å². The highest BCUT2D eigenvalue weighted by molar-refractivity contribution is 5.94. The van der Waals surface area contributed by atoms with Crippen LogP contribution in [0.1, 0.15) is 19.3 Å². The normalized spacial score (nSPS) is 13.5. The Morgan fingerprint density at radius 3 is 2.27 bits per heavy atom. The van der Waals surface area contributed by atoms with Gasteiger partial charge in [0, 0.05) is 24.3 Å². The lowest BCUT2D eigenvalue weighted by Crippen LogP contribution is -2.35. The van der Waals surface area contributed by atoms with Crippen molar-refractivity contribution in [3.8, 4) is 18.2 Å². The lowest BCUT2D eigenvalue weighted by molar-refractivity contribution is -0.119.